The Hall–Kier alpha value is -2.71. The number of aryl methyl sites for hydroxylation is 1. The number of pyridine rings is 1. The van der Waals surface area contributed by atoms with Crippen LogP contribution in [0.2, 0.25) is 0 Å². The highest BCUT2D eigenvalue weighted by Crippen LogP contribution is 2.43. The number of thiazole rings is 1. The molecule has 4 heterocycles. The molecule has 148 valence electrons. The Kier molecular flexibility index (Phi) is 3.79. The predicted octanol–water partition coefficient (Wildman–Crippen LogP) is 3.35. The van der Waals surface area contributed by atoms with Gasteiger partial charge in [-0.05, 0) is 44.0 Å². The van der Waals surface area contributed by atoms with Crippen LogP contribution in [0.15, 0.2) is 29.1 Å². The van der Waals surface area contributed by atoms with Crippen LogP contribution in [0, 0.1) is 6.92 Å². The molecule has 8 heteroatoms. The Morgan fingerprint density at radius 1 is 1.17 bits per heavy atom. The molecule has 1 aliphatic heterocycles. The van der Waals surface area contributed by atoms with Crippen molar-refractivity contribution in [3.05, 3.63) is 45.5 Å². The molecule has 0 amide bonds. The van der Waals surface area contributed by atoms with E-state index in [2.05, 4.69) is 32.7 Å². The maximum absolute atomic E-state index is 11.8. The van der Waals surface area contributed by atoms with E-state index in [1.165, 1.54) is 11.3 Å². The van der Waals surface area contributed by atoms with E-state index in [-0.39, 0.29) is 4.87 Å². The van der Waals surface area contributed by atoms with E-state index in [0.29, 0.717) is 5.92 Å². The fourth-order valence-electron chi connectivity index (χ4n) is 4.16. The SMILES string of the molecule is Cc1cc(N2CCOCC2)c2nc(C3CC3)n(-c3ccc4[nH]c(=O)sc4c3)c2n1. The summed E-state index contributed by atoms with van der Waals surface area (Å²) in [7, 11) is 0. The number of morpholine rings is 1. The van der Waals surface area contributed by atoms with Gasteiger partial charge in [0.25, 0.3) is 0 Å². The molecule has 4 aromatic rings. The smallest absolute Gasteiger partial charge is 0.305 e. The number of imidazole rings is 1. The lowest BCUT2D eigenvalue weighted by Crippen LogP contribution is -2.36. The van der Waals surface area contributed by atoms with Crippen molar-refractivity contribution < 1.29 is 4.74 Å². The Morgan fingerprint density at radius 2 is 2.00 bits per heavy atom. The lowest BCUT2D eigenvalue weighted by Gasteiger charge is -2.29. The molecule has 2 aliphatic rings. The van der Waals surface area contributed by atoms with Crippen molar-refractivity contribution in [1.82, 2.24) is 19.5 Å². The summed E-state index contributed by atoms with van der Waals surface area (Å²) < 4.78 is 8.70. The number of rotatable bonds is 3. The second kappa shape index (κ2) is 6.40. The van der Waals surface area contributed by atoms with E-state index in [1.54, 1.807) is 0 Å². The van der Waals surface area contributed by atoms with Gasteiger partial charge in [-0.1, -0.05) is 11.3 Å². The number of anilines is 1. The average Bonchev–Trinajstić information content (AvgIpc) is 3.40. The van der Waals surface area contributed by atoms with Crippen LogP contribution < -0.4 is 9.77 Å². The highest BCUT2D eigenvalue weighted by Gasteiger charge is 2.32. The lowest BCUT2D eigenvalue weighted by atomic mass is 10.2. The second-order valence-electron chi connectivity index (χ2n) is 7.83. The number of nitrogens with zero attached hydrogens (tertiary/aromatic N) is 4. The van der Waals surface area contributed by atoms with Gasteiger partial charge in [0.15, 0.2) is 5.65 Å². The maximum atomic E-state index is 11.8. The Balaban J connectivity index is 1.60. The summed E-state index contributed by atoms with van der Waals surface area (Å²) in [5, 5.41) is 0. The summed E-state index contributed by atoms with van der Waals surface area (Å²) in [6, 6.07) is 8.24. The van der Waals surface area contributed by atoms with Gasteiger partial charge in [0.05, 0.1) is 34.8 Å². The molecule has 2 fully saturated rings. The molecule has 0 unspecified atom stereocenters. The zero-order valence-electron chi connectivity index (χ0n) is 16.1. The number of fused-ring (bicyclic) bond motifs is 2. The molecule has 1 aromatic carbocycles. The lowest BCUT2D eigenvalue weighted by molar-refractivity contribution is 0.123. The Morgan fingerprint density at radius 3 is 2.79 bits per heavy atom. The van der Waals surface area contributed by atoms with E-state index in [9.17, 15) is 4.79 Å². The molecular weight excluding hydrogens is 386 g/mol. The van der Waals surface area contributed by atoms with Crippen LogP contribution in [0.4, 0.5) is 5.69 Å². The van der Waals surface area contributed by atoms with Crippen LogP contribution in [0.1, 0.15) is 30.3 Å². The molecule has 1 saturated heterocycles. The summed E-state index contributed by atoms with van der Waals surface area (Å²) in [4.78, 5) is 27.0. The van der Waals surface area contributed by atoms with Crippen molar-refractivity contribution in [2.75, 3.05) is 31.2 Å². The van der Waals surface area contributed by atoms with Gasteiger partial charge in [-0.15, -0.1) is 0 Å². The summed E-state index contributed by atoms with van der Waals surface area (Å²) in [6.45, 7) is 5.25. The van der Waals surface area contributed by atoms with Gasteiger partial charge in [0, 0.05) is 24.7 Å². The molecule has 1 saturated carbocycles. The molecule has 0 bridgehead atoms. The molecular formula is C21H21N5O2S. The number of hydrogen-bond acceptors (Lipinski definition) is 6. The molecule has 0 spiro atoms. The van der Waals surface area contributed by atoms with Gasteiger partial charge in [0.2, 0.25) is 0 Å². The number of nitrogens with one attached hydrogen (secondary N) is 1. The first-order chi connectivity index (χ1) is 14.2. The largest absolute Gasteiger partial charge is 0.378 e. The van der Waals surface area contributed by atoms with Crippen LogP contribution in [0.25, 0.3) is 27.1 Å². The quantitative estimate of drug-likeness (QED) is 0.564. The van der Waals surface area contributed by atoms with Gasteiger partial charge < -0.3 is 14.6 Å². The van der Waals surface area contributed by atoms with Crippen LogP contribution in [0.5, 0.6) is 0 Å². The van der Waals surface area contributed by atoms with Crippen molar-refractivity contribution in [2.45, 2.75) is 25.7 Å². The summed E-state index contributed by atoms with van der Waals surface area (Å²) in [6.07, 6.45) is 2.32. The molecule has 1 aliphatic carbocycles. The fourth-order valence-corrected chi connectivity index (χ4v) is 4.93. The van der Waals surface area contributed by atoms with E-state index >= 15 is 0 Å². The van der Waals surface area contributed by atoms with Crippen molar-refractivity contribution in [3.8, 4) is 5.69 Å². The van der Waals surface area contributed by atoms with Crippen LogP contribution >= 0.6 is 11.3 Å². The van der Waals surface area contributed by atoms with Crippen molar-refractivity contribution in [3.63, 3.8) is 0 Å². The molecule has 0 radical (unpaired) electrons. The minimum absolute atomic E-state index is 0.0290. The maximum Gasteiger partial charge on any atom is 0.305 e. The third-order valence-corrected chi connectivity index (χ3v) is 6.55. The van der Waals surface area contributed by atoms with Gasteiger partial charge in [0.1, 0.15) is 11.3 Å². The number of benzene rings is 1. The van der Waals surface area contributed by atoms with E-state index in [1.807, 2.05) is 13.0 Å². The van der Waals surface area contributed by atoms with Gasteiger partial charge in [-0.3, -0.25) is 9.36 Å². The highest BCUT2D eigenvalue weighted by molar-refractivity contribution is 7.16. The second-order valence-corrected chi connectivity index (χ2v) is 8.84. The normalized spacial score (nSPS) is 17.5. The fraction of sp³-hybridized carbons (Fsp3) is 0.381. The first kappa shape index (κ1) is 17.2. The number of H-pyrrole nitrogens is 1. The predicted molar refractivity (Wildman–Crippen MR) is 115 cm³/mol. The first-order valence-corrected chi connectivity index (χ1v) is 10.8. The summed E-state index contributed by atoms with van der Waals surface area (Å²) in [5.41, 5.74) is 5.87. The van der Waals surface area contributed by atoms with Gasteiger partial charge in [-0.25, -0.2) is 9.97 Å². The molecule has 6 rings (SSSR count). The molecule has 3 aromatic heterocycles. The molecule has 7 nitrogen and oxygen atoms in total. The number of aromatic amines is 1. The van der Waals surface area contributed by atoms with Crippen LogP contribution in [0.3, 0.4) is 0 Å². The van der Waals surface area contributed by atoms with Crippen molar-refractivity contribution in [2.24, 2.45) is 0 Å². The van der Waals surface area contributed by atoms with Crippen LogP contribution in [-0.2, 0) is 4.74 Å². The topological polar surface area (TPSA) is 76.0 Å². The van der Waals surface area contributed by atoms with E-state index in [4.69, 9.17) is 14.7 Å². The summed E-state index contributed by atoms with van der Waals surface area (Å²) in [5.74, 6) is 1.55. The van der Waals surface area contributed by atoms with Crippen molar-refractivity contribution >= 4 is 38.4 Å². The average molecular weight is 407 g/mol. The molecule has 29 heavy (non-hydrogen) atoms. The third-order valence-electron chi connectivity index (χ3n) is 5.71. The monoisotopic (exact) mass is 407 g/mol. The zero-order valence-corrected chi connectivity index (χ0v) is 17.0. The van der Waals surface area contributed by atoms with Gasteiger partial charge >= 0.3 is 4.87 Å². The molecule has 1 N–H and O–H groups in total. The minimum atomic E-state index is -0.0290. The number of ether oxygens (including phenoxy) is 1. The summed E-state index contributed by atoms with van der Waals surface area (Å²) >= 11 is 1.24. The first-order valence-electron chi connectivity index (χ1n) is 10.0. The van der Waals surface area contributed by atoms with Crippen molar-refractivity contribution in [1.29, 1.82) is 0 Å². The van der Waals surface area contributed by atoms with E-state index in [0.717, 1.165) is 83.4 Å². The number of hydrogen-bond donors (Lipinski definition) is 1. The highest BCUT2D eigenvalue weighted by atomic mass is 32.1. The van der Waals surface area contributed by atoms with Crippen LogP contribution in [-0.4, -0.2) is 45.8 Å². The Labute approximate surface area is 171 Å². The Bertz CT molecular complexity index is 1290. The minimum Gasteiger partial charge on any atom is -0.378 e. The third kappa shape index (κ3) is 2.86. The van der Waals surface area contributed by atoms with Gasteiger partial charge in [-0.2, -0.15) is 0 Å². The van der Waals surface area contributed by atoms with E-state index < -0.39 is 0 Å². The number of aromatic nitrogens is 4. The zero-order chi connectivity index (χ0) is 19.5. The molecule has 0 atom stereocenters. The standard InChI is InChI=1S/C21H21N5O2S/c1-12-10-16(25-6-8-28-9-7-25)18-20(22-12)26(19(24-18)13-2-3-13)14-4-5-15-17(11-14)29-21(27)23-15/h4-5,10-11,13H,2-3,6-9H2,1H3,(H,23,27).